The van der Waals surface area contributed by atoms with Crippen LogP contribution in [0.4, 0.5) is 16.5 Å². The number of anilines is 1. The molecular formula is C12H14N4S. The summed E-state index contributed by atoms with van der Waals surface area (Å²) in [6.07, 6.45) is 1.72. The molecular weight excluding hydrogens is 232 g/mol. The first-order valence-corrected chi connectivity index (χ1v) is 6.14. The summed E-state index contributed by atoms with van der Waals surface area (Å²) in [7, 11) is 4.05. The van der Waals surface area contributed by atoms with E-state index in [-0.39, 0.29) is 0 Å². The van der Waals surface area contributed by atoms with Crippen LogP contribution in [0, 0.1) is 6.92 Å². The molecule has 88 valence electrons. The third-order valence-electron chi connectivity index (χ3n) is 2.33. The number of hydrogen-bond donors (Lipinski definition) is 0. The number of rotatable bonds is 3. The van der Waals surface area contributed by atoms with E-state index < -0.39 is 0 Å². The topological polar surface area (TPSA) is 40.9 Å². The molecule has 0 N–H and O–H groups in total. The second kappa shape index (κ2) is 5.05. The molecule has 0 spiro atoms. The number of aromatic nitrogens is 1. The minimum absolute atomic E-state index is 0.680. The van der Waals surface area contributed by atoms with Crippen molar-refractivity contribution >= 4 is 27.8 Å². The Bertz CT molecular complexity index is 517. The predicted octanol–water partition coefficient (Wildman–Crippen LogP) is 3.93. The molecule has 0 radical (unpaired) electrons. The van der Waals surface area contributed by atoms with Crippen LogP contribution in [0.15, 0.2) is 40.0 Å². The summed E-state index contributed by atoms with van der Waals surface area (Å²) < 4.78 is 0. The third kappa shape index (κ3) is 2.88. The van der Waals surface area contributed by atoms with Crippen molar-refractivity contribution in [2.24, 2.45) is 10.2 Å². The second-order valence-corrected chi connectivity index (χ2v) is 4.75. The zero-order valence-electron chi connectivity index (χ0n) is 10.1. The SMILES string of the molecule is Cc1cc(N=Nc2nccs2)ccc1N(C)C. The van der Waals surface area contributed by atoms with E-state index in [4.69, 9.17) is 0 Å². The highest BCUT2D eigenvalue weighted by Crippen LogP contribution is 2.25. The minimum Gasteiger partial charge on any atom is -0.377 e. The minimum atomic E-state index is 0.680. The van der Waals surface area contributed by atoms with Crippen molar-refractivity contribution in [3.8, 4) is 0 Å². The van der Waals surface area contributed by atoms with Crippen LogP contribution in [0.3, 0.4) is 0 Å². The summed E-state index contributed by atoms with van der Waals surface area (Å²) in [5, 5.41) is 10.8. The lowest BCUT2D eigenvalue weighted by Crippen LogP contribution is -2.09. The fraction of sp³-hybridized carbons (Fsp3) is 0.250. The highest BCUT2D eigenvalue weighted by atomic mass is 32.1. The van der Waals surface area contributed by atoms with Crippen LogP contribution < -0.4 is 4.90 Å². The smallest absolute Gasteiger partial charge is 0.229 e. The molecule has 5 heteroatoms. The first kappa shape index (κ1) is 11.7. The van der Waals surface area contributed by atoms with E-state index in [1.165, 1.54) is 22.6 Å². The standard InChI is InChI=1S/C12H14N4S/c1-9-8-10(4-5-11(9)16(2)3)14-15-12-13-6-7-17-12/h4-8H,1-3H3. The van der Waals surface area contributed by atoms with Crippen LogP contribution in [-0.4, -0.2) is 19.1 Å². The molecule has 1 heterocycles. The van der Waals surface area contributed by atoms with E-state index in [9.17, 15) is 0 Å². The normalized spacial score (nSPS) is 11.0. The first-order valence-electron chi connectivity index (χ1n) is 5.26. The molecule has 2 aromatic rings. The monoisotopic (exact) mass is 246 g/mol. The van der Waals surface area contributed by atoms with E-state index >= 15 is 0 Å². The molecule has 17 heavy (non-hydrogen) atoms. The average Bonchev–Trinajstić information content (AvgIpc) is 2.78. The summed E-state index contributed by atoms with van der Waals surface area (Å²) in [6, 6.07) is 6.03. The number of aryl methyl sites for hydroxylation is 1. The van der Waals surface area contributed by atoms with Gasteiger partial charge in [0.15, 0.2) is 0 Å². The van der Waals surface area contributed by atoms with Gasteiger partial charge in [0.05, 0.1) is 5.69 Å². The van der Waals surface area contributed by atoms with Crippen LogP contribution in [0.25, 0.3) is 0 Å². The summed E-state index contributed by atoms with van der Waals surface area (Å²) in [5.41, 5.74) is 3.23. The Morgan fingerprint density at radius 3 is 2.65 bits per heavy atom. The molecule has 0 unspecified atom stereocenters. The van der Waals surface area contributed by atoms with Crippen molar-refractivity contribution in [1.82, 2.24) is 4.98 Å². The number of hydrogen-bond acceptors (Lipinski definition) is 5. The van der Waals surface area contributed by atoms with Crippen LogP contribution in [0.2, 0.25) is 0 Å². The van der Waals surface area contributed by atoms with Gasteiger partial charge in [0, 0.05) is 31.4 Å². The Hall–Kier alpha value is -1.75. The van der Waals surface area contributed by atoms with Gasteiger partial charge in [-0.15, -0.1) is 21.6 Å². The van der Waals surface area contributed by atoms with Gasteiger partial charge >= 0.3 is 0 Å². The quantitative estimate of drug-likeness (QED) is 0.770. The van der Waals surface area contributed by atoms with Gasteiger partial charge in [-0.1, -0.05) is 0 Å². The Morgan fingerprint density at radius 1 is 1.24 bits per heavy atom. The molecule has 0 bridgehead atoms. The molecule has 1 aromatic heterocycles. The second-order valence-electron chi connectivity index (χ2n) is 3.88. The van der Waals surface area contributed by atoms with E-state index in [1.807, 2.05) is 37.7 Å². The number of azo groups is 1. The number of thiazole rings is 1. The van der Waals surface area contributed by atoms with Gasteiger partial charge < -0.3 is 4.90 Å². The van der Waals surface area contributed by atoms with Crippen LogP contribution in [0.1, 0.15) is 5.56 Å². The van der Waals surface area contributed by atoms with Crippen molar-refractivity contribution < 1.29 is 0 Å². The van der Waals surface area contributed by atoms with Gasteiger partial charge in [0.2, 0.25) is 5.13 Å². The van der Waals surface area contributed by atoms with E-state index in [0.717, 1.165) is 5.69 Å². The highest BCUT2D eigenvalue weighted by Gasteiger charge is 2.01. The number of benzene rings is 1. The van der Waals surface area contributed by atoms with Gasteiger partial charge in [0.25, 0.3) is 0 Å². The highest BCUT2D eigenvalue weighted by molar-refractivity contribution is 7.13. The maximum absolute atomic E-state index is 4.16. The van der Waals surface area contributed by atoms with Gasteiger partial charge in [-0.3, -0.25) is 0 Å². The Kier molecular flexibility index (Phi) is 3.49. The molecule has 0 saturated heterocycles. The molecule has 0 aliphatic rings. The van der Waals surface area contributed by atoms with Crippen molar-refractivity contribution in [3.05, 3.63) is 35.3 Å². The third-order valence-corrected chi connectivity index (χ3v) is 2.99. The summed E-state index contributed by atoms with van der Waals surface area (Å²) in [5.74, 6) is 0. The van der Waals surface area contributed by atoms with Crippen molar-refractivity contribution in [3.63, 3.8) is 0 Å². The predicted molar refractivity (Wildman–Crippen MR) is 71.8 cm³/mol. The first-order chi connectivity index (χ1) is 8.16. The molecule has 0 saturated carbocycles. The van der Waals surface area contributed by atoms with Crippen molar-refractivity contribution in [2.75, 3.05) is 19.0 Å². The summed E-state index contributed by atoms with van der Waals surface area (Å²) in [4.78, 5) is 6.13. The van der Waals surface area contributed by atoms with Crippen LogP contribution in [-0.2, 0) is 0 Å². The largest absolute Gasteiger partial charge is 0.377 e. The van der Waals surface area contributed by atoms with E-state index in [2.05, 4.69) is 27.0 Å². The molecule has 1 aromatic carbocycles. The lowest BCUT2D eigenvalue weighted by molar-refractivity contribution is 1.11. The summed E-state index contributed by atoms with van der Waals surface area (Å²) >= 11 is 1.47. The van der Waals surface area contributed by atoms with E-state index in [1.54, 1.807) is 6.20 Å². The molecule has 4 nitrogen and oxygen atoms in total. The molecule has 0 amide bonds. The Balaban J connectivity index is 2.21. The van der Waals surface area contributed by atoms with E-state index in [0.29, 0.717) is 5.13 Å². The molecule has 0 aliphatic carbocycles. The van der Waals surface area contributed by atoms with Crippen LogP contribution >= 0.6 is 11.3 Å². The Labute approximate surface area is 105 Å². The van der Waals surface area contributed by atoms with Gasteiger partial charge in [-0.2, -0.15) is 0 Å². The van der Waals surface area contributed by atoms with Gasteiger partial charge in [0.1, 0.15) is 0 Å². The van der Waals surface area contributed by atoms with Gasteiger partial charge in [-0.05, 0) is 30.7 Å². The molecule has 0 atom stereocenters. The molecule has 0 fully saturated rings. The van der Waals surface area contributed by atoms with Crippen LogP contribution in [0.5, 0.6) is 0 Å². The number of nitrogens with zero attached hydrogens (tertiary/aromatic N) is 4. The fourth-order valence-corrected chi connectivity index (χ4v) is 2.02. The maximum Gasteiger partial charge on any atom is 0.229 e. The molecule has 2 rings (SSSR count). The molecule has 0 aliphatic heterocycles. The Morgan fingerprint density at radius 2 is 2.06 bits per heavy atom. The lowest BCUT2D eigenvalue weighted by atomic mass is 10.1. The lowest BCUT2D eigenvalue weighted by Gasteiger charge is -2.15. The zero-order valence-corrected chi connectivity index (χ0v) is 10.9. The zero-order chi connectivity index (χ0) is 12.3. The fourth-order valence-electron chi connectivity index (χ4n) is 1.57. The average molecular weight is 246 g/mol. The maximum atomic E-state index is 4.16. The summed E-state index contributed by atoms with van der Waals surface area (Å²) in [6.45, 7) is 2.07. The van der Waals surface area contributed by atoms with Gasteiger partial charge in [-0.25, -0.2) is 4.98 Å². The van der Waals surface area contributed by atoms with Crippen molar-refractivity contribution in [2.45, 2.75) is 6.92 Å². The van der Waals surface area contributed by atoms with Crippen molar-refractivity contribution in [1.29, 1.82) is 0 Å².